The van der Waals surface area contributed by atoms with Gasteiger partial charge in [-0.25, -0.2) is 0 Å². The number of nitrogens with one attached hydrogen (secondary N) is 1. The first kappa shape index (κ1) is 9.47. The third-order valence-corrected chi connectivity index (χ3v) is 3.48. The van der Waals surface area contributed by atoms with Gasteiger partial charge in [0.15, 0.2) is 0 Å². The zero-order valence-electron chi connectivity index (χ0n) is 9.14. The summed E-state index contributed by atoms with van der Waals surface area (Å²) in [5.74, 6) is 0.901. The van der Waals surface area contributed by atoms with E-state index in [1.54, 1.807) is 0 Å². The van der Waals surface area contributed by atoms with Crippen molar-refractivity contribution in [2.75, 3.05) is 19.6 Å². The molecule has 0 aliphatic carbocycles. The molecule has 2 bridgehead atoms. The predicted molar refractivity (Wildman–Crippen MR) is 55.8 cm³/mol. The fourth-order valence-electron chi connectivity index (χ4n) is 2.76. The Hall–Kier alpha value is -0.0800. The summed E-state index contributed by atoms with van der Waals surface area (Å²) in [7, 11) is 0. The fraction of sp³-hybridized carbons (Fsp3) is 1.00. The van der Waals surface area contributed by atoms with Gasteiger partial charge in [-0.2, -0.15) is 0 Å². The van der Waals surface area contributed by atoms with Crippen molar-refractivity contribution in [1.29, 1.82) is 0 Å². The predicted octanol–water partition coefficient (Wildman–Crippen LogP) is 1.47. The van der Waals surface area contributed by atoms with Crippen LogP contribution in [0.4, 0.5) is 0 Å². The van der Waals surface area contributed by atoms with Crippen LogP contribution in [0.5, 0.6) is 0 Å². The molecule has 3 heterocycles. The molecule has 3 fully saturated rings. The maximum Gasteiger partial charge on any atom is 0.0226 e. The molecule has 3 aliphatic heterocycles. The van der Waals surface area contributed by atoms with E-state index in [1.807, 2.05) is 0 Å². The van der Waals surface area contributed by atoms with Crippen LogP contribution in [0.2, 0.25) is 0 Å². The van der Waals surface area contributed by atoms with Gasteiger partial charge in [-0.3, -0.25) is 4.90 Å². The lowest BCUT2D eigenvalue weighted by atomic mass is 9.90. The summed E-state index contributed by atoms with van der Waals surface area (Å²) in [6.45, 7) is 10.8. The Kier molecular flexibility index (Phi) is 2.37. The van der Waals surface area contributed by atoms with Crippen LogP contribution in [0.1, 0.15) is 33.6 Å². The fourth-order valence-corrected chi connectivity index (χ4v) is 2.76. The minimum atomic E-state index is 0.357. The van der Waals surface area contributed by atoms with Crippen molar-refractivity contribution >= 4 is 0 Å². The maximum absolute atomic E-state index is 3.57. The van der Waals surface area contributed by atoms with Gasteiger partial charge in [-0.15, -0.1) is 0 Å². The second-order valence-corrected chi connectivity index (χ2v) is 5.58. The van der Waals surface area contributed by atoms with E-state index in [1.165, 1.54) is 32.5 Å². The standard InChI is InChI=1S/C11H22N2/c1-11(2,3)13-8-9-4-5-10(13)7-12-6-9/h9-10,12H,4-8H2,1-3H3. The topological polar surface area (TPSA) is 15.3 Å². The summed E-state index contributed by atoms with van der Waals surface area (Å²) < 4.78 is 0. The molecule has 2 heteroatoms. The average molecular weight is 182 g/mol. The van der Waals surface area contributed by atoms with Gasteiger partial charge in [0.25, 0.3) is 0 Å². The largest absolute Gasteiger partial charge is 0.315 e. The van der Waals surface area contributed by atoms with Gasteiger partial charge in [-0.1, -0.05) is 0 Å². The van der Waals surface area contributed by atoms with E-state index in [9.17, 15) is 0 Å². The third kappa shape index (κ3) is 1.89. The zero-order chi connectivity index (χ0) is 9.47. The summed E-state index contributed by atoms with van der Waals surface area (Å²) in [6.07, 6.45) is 2.83. The van der Waals surface area contributed by atoms with Gasteiger partial charge < -0.3 is 5.32 Å². The first-order valence-corrected chi connectivity index (χ1v) is 5.55. The zero-order valence-corrected chi connectivity index (χ0v) is 9.14. The Labute approximate surface area is 81.7 Å². The van der Waals surface area contributed by atoms with Crippen LogP contribution in [0.25, 0.3) is 0 Å². The molecule has 13 heavy (non-hydrogen) atoms. The minimum Gasteiger partial charge on any atom is -0.315 e. The van der Waals surface area contributed by atoms with Crippen molar-refractivity contribution in [1.82, 2.24) is 10.2 Å². The first-order valence-electron chi connectivity index (χ1n) is 5.55. The Morgan fingerprint density at radius 3 is 2.62 bits per heavy atom. The molecule has 2 atom stereocenters. The van der Waals surface area contributed by atoms with E-state index in [-0.39, 0.29) is 0 Å². The number of hydrogen-bond acceptors (Lipinski definition) is 2. The maximum atomic E-state index is 3.57. The molecule has 1 N–H and O–H groups in total. The molecule has 3 rings (SSSR count). The van der Waals surface area contributed by atoms with E-state index >= 15 is 0 Å². The van der Waals surface area contributed by atoms with Crippen molar-refractivity contribution in [2.24, 2.45) is 5.92 Å². The van der Waals surface area contributed by atoms with Crippen LogP contribution in [0.15, 0.2) is 0 Å². The summed E-state index contributed by atoms with van der Waals surface area (Å²) in [6, 6.07) is 0.791. The highest BCUT2D eigenvalue weighted by Gasteiger charge is 2.36. The average Bonchev–Trinajstić information content (AvgIpc) is 2.35. The molecule has 0 radical (unpaired) electrons. The molecule has 76 valence electrons. The highest BCUT2D eigenvalue weighted by atomic mass is 15.2. The summed E-state index contributed by atoms with van der Waals surface area (Å²) in [5, 5.41) is 3.57. The number of piperidine rings is 1. The van der Waals surface area contributed by atoms with Crippen molar-refractivity contribution < 1.29 is 0 Å². The highest BCUT2D eigenvalue weighted by Crippen LogP contribution is 2.29. The molecule has 0 amide bonds. The molecule has 0 aromatic carbocycles. The van der Waals surface area contributed by atoms with Crippen molar-refractivity contribution in [3.8, 4) is 0 Å². The van der Waals surface area contributed by atoms with Crippen LogP contribution < -0.4 is 5.32 Å². The van der Waals surface area contributed by atoms with Gasteiger partial charge in [0, 0.05) is 24.7 Å². The van der Waals surface area contributed by atoms with Gasteiger partial charge in [-0.05, 0) is 46.1 Å². The van der Waals surface area contributed by atoms with Crippen LogP contribution in [-0.4, -0.2) is 36.1 Å². The van der Waals surface area contributed by atoms with Crippen LogP contribution in [-0.2, 0) is 0 Å². The SMILES string of the molecule is CC(C)(C)N1CC2CCC1CNC2. The number of rotatable bonds is 0. The number of hydrogen-bond donors (Lipinski definition) is 1. The molecule has 0 spiro atoms. The molecule has 2 nitrogen and oxygen atoms in total. The smallest absolute Gasteiger partial charge is 0.0226 e. The molecule has 0 saturated carbocycles. The van der Waals surface area contributed by atoms with Crippen LogP contribution in [0, 0.1) is 5.92 Å². The number of fused-ring (bicyclic) bond motifs is 4. The lowest BCUT2D eigenvalue weighted by Crippen LogP contribution is -2.53. The molecular formula is C11H22N2. The molecule has 0 aromatic heterocycles. The van der Waals surface area contributed by atoms with Crippen molar-refractivity contribution in [3.05, 3.63) is 0 Å². The van der Waals surface area contributed by atoms with Gasteiger partial charge in [0.05, 0.1) is 0 Å². The summed E-state index contributed by atoms with van der Waals surface area (Å²) >= 11 is 0. The second kappa shape index (κ2) is 3.25. The van der Waals surface area contributed by atoms with Gasteiger partial charge in [0.1, 0.15) is 0 Å². The van der Waals surface area contributed by atoms with Gasteiger partial charge in [0.2, 0.25) is 0 Å². The summed E-state index contributed by atoms with van der Waals surface area (Å²) in [5.41, 5.74) is 0.357. The molecule has 0 aromatic rings. The first-order chi connectivity index (χ1) is 6.07. The van der Waals surface area contributed by atoms with Crippen molar-refractivity contribution in [2.45, 2.75) is 45.2 Å². The van der Waals surface area contributed by atoms with Gasteiger partial charge >= 0.3 is 0 Å². The van der Waals surface area contributed by atoms with E-state index in [4.69, 9.17) is 0 Å². The quantitative estimate of drug-likeness (QED) is 0.610. The van der Waals surface area contributed by atoms with E-state index < -0.39 is 0 Å². The van der Waals surface area contributed by atoms with E-state index in [0.717, 1.165) is 12.0 Å². The summed E-state index contributed by atoms with van der Waals surface area (Å²) in [4.78, 5) is 2.70. The normalized spacial score (nSPS) is 36.2. The Bertz CT molecular complexity index is 179. The lowest BCUT2D eigenvalue weighted by Gasteiger charge is -2.45. The monoisotopic (exact) mass is 182 g/mol. The Morgan fingerprint density at radius 1 is 1.15 bits per heavy atom. The third-order valence-electron chi connectivity index (χ3n) is 3.48. The Balaban J connectivity index is 2.12. The minimum absolute atomic E-state index is 0.357. The van der Waals surface area contributed by atoms with Crippen LogP contribution in [0.3, 0.4) is 0 Å². The second-order valence-electron chi connectivity index (χ2n) is 5.58. The highest BCUT2D eigenvalue weighted by molar-refractivity contribution is 4.93. The van der Waals surface area contributed by atoms with Crippen molar-refractivity contribution in [3.63, 3.8) is 0 Å². The molecule has 2 unspecified atom stereocenters. The molecule has 3 saturated heterocycles. The molecular weight excluding hydrogens is 160 g/mol. The van der Waals surface area contributed by atoms with E-state index in [0.29, 0.717) is 5.54 Å². The molecule has 3 aliphatic rings. The Morgan fingerprint density at radius 2 is 1.92 bits per heavy atom. The van der Waals surface area contributed by atoms with Crippen LogP contribution >= 0.6 is 0 Å². The van der Waals surface area contributed by atoms with E-state index in [2.05, 4.69) is 31.0 Å². The number of nitrogens with zero attached hydrogens (tertiary/aromatic N) is 1. The lowest BCUT2D eigenvalue weighted by molar-refractivity contribution is 0.0436.